The average Bonchev–Trinajstić information content (AvgIpc) is 3.24. The highest BCUT2D eigenvalue weighted by atomic mass is 35.5. The minimum absolute atomic E-state index is 0.551. The molecule has 0 atom stereocenters. The van der Waals surface area contributed by atoms with Crippen molar-refractivity contribution in [3.63, 3.8) is 0 Å². The zero-order valence-corrected chi connectivity index (χ0v) is 18.0. The standard InChI is InChI=1S/C23H26ClN7/c1-15(18-10-19(24)12-26-11-18)30-22-14-28-31-23(22)16(2)29-21-4-3-20(27-13-21)9-17-5-7-25-8-6-17/h3-4,10-14,17,25,29-30H,1-2,5-9H2,(H,28,31). The zero-order valence-electron chi connectivity index (χ0n) is 17.3. The number of rotatable bonds is 8. The maximum absolute atomic E-state index is 6.03. The number of hydrogen-bond acceptors (Lipinski definition) is 6. The molecular weight excluding hydrogens is 410 g/mol. The first-order chi connectivity index (χ1) is 15.1. The van der Waals surface area contributed by atoms with E-state index in [0.717, 1.165) is 42.1 Å². The molecule has 0 aliphatic carbocycles. The minimum Gasteiger partial charge on any atom is -0.353 e. The van der Waals surface area contributed by atoms with Crippen LogP contribution in [0, 0.1) is 5.92 Å². The van der Waals surface area contributed by atoms with E-state index in [0.29, 0.717) is 28.0 Å². The van der Waals surface area contributed by atoms with Crippen molar-refractivity contribution in [2.24, 2.45) is 5.92 Å². The van der Waals surface area contributed by atoms with Crippen LogP contribution in [0.5, 0.6) is 0 Å². The van der Waals surface area contributed by atoms with Gasteiger partial charge in [0.15, 0.2) is 0 Å². The second-order valence-corrected chi connectivity index (χ2v) is 8.12. The maximum atomic E-state index is 6.03. The Morgan fingerprint density at radius 1 is 1.10 bits per heavy atom. The number of pyridine rings is 2. The Morgan fingerprint density at radius 2 is 1.94 bits per heavy atom. The van der Waals surface area contributed by atoms with Crippen molar-refractivity contribution < 1.29 is 0 Å². The second-order valence-electron chi connectivity index (χ2n) is 7.68. The summed E-state index contributed by atoms with van der Waals surface area (Å²) >= 11 is 6.03. The Labute approximate surface area is 187 Å². The highest BCUT2D eigenvalue weighted by molar-refractivity contribution is 6.30. The predicted octanol–water partition coefficient (Wildman–Crippen LogP) is 4.56. The van der Waals surface area contributed by atoms with Gasteiger partial charge in [0.25, 0.3) is 0 Å². The van der Waals surface area contributed by atoms with Crippen molar-refractivity contribution in [2.45, 2.75) is 19.3 Å². The van der Waals surface area contributed by atoms with Gasteiger partial charge in [-0.25, -0.2) is 0 Å². The van der Waals surface area contributed by atoms with Gasteiger partial charge < -0.3 is 16.0 Å². The average molecular weight is 436 g/mol. The van der Waals surface area contributed by atoms with E-state index >= 15 is 0 Å². The molecule has 1 aliphatic rings. The molecule has 0 radical (unpaired) electrons. The Morgan fingerprint density at radius 3 is 2.68 bits per heavy atom. The molecule has 1 aliphatic heterocycles. The van der Waals surface area contributed by atoms with Crippen molar-refractivity contribution in [1.29, 1.82) is 0 Å². The van der Waals surface area contributed by atoms with E-state index < -0.39 is 0 Å². The summed E-state index contributed by atoms with van der Waals surface area (Å²) in [7, 11) is 0. The molecule has 3 aromatic rings. The molecule has 1 saturated heterocycles. The van der Waals surface area contributed by atoms with Crippen LogP contribution >= 0.6 is 11.6 Å². The van der Waals surface area contributed by atoms with Gasteiger partial charge in [0, 0.05) is 35.5 Å². The van der Waals surface area contributed by atoms with Gasteiger partial charge in [-0.2, -0.15) is 5.10 Å². The van der Waals surface area contributed by atoms with Gasteiger partial charge in [0.05, 0.1) is 28.3 Å². The topological polar surface area (TPSA) is 90.5 Å². The number of anilines is 2. The van der Waals surface area contributed by atoms with Crippen LogP contribution in [0.15, 0.2) is 56.1 Å². The first kappa shape index (κ1) is 21.1. The van der Waals surface area contributed by atoms with E-state index in [2.05, 4.69) is 55.3 Å². The molecular formula is C23H26ClN7. The van der Waals surface area contributed by atoms with Crippen molar-refractivity contribution in [3.8, 4) is 0 Å². The molecule has 0 spiro atoms. The maximum Gasteiger partial charge on any atom is 0.131 e. The van der Waals surface area contributed by atoms with Crippen molar-refractivity contribution in [2.75, 3.05) is 23.7 Å². The highest BCUT2D eigenvalue weighted by Gasteiger charge is 2.15. The summed E-state index contributed by atoms with van der Waals surface area (Å²) in [5.41, 5.74) is 5.50. The molecule has 0 amide bonds. The highest BCUT2D eigenvalue weighted by Crippen LogP contribution is 2.26. The fraction of sp³-hybridized carbons (Fsp3) is 0.261. The largest absolute Gasteiger partial charge is 0.353 e. The normalized spacial score (nSPS) is 14.2. The third kappa shape index (κ3) is 5.51. The fourth-order valence-electron chi connectivity index (χ4n) is 3.66. The van der Waals surface area contributed by atoms with E-state index in [1.54, 1.807) is 24.7 Å². The Balaban J connectivity index is 1.38. The van der Waals surface area contributed by atoms with Gasteiger partial charge in [0.1, 0.15) is 5.69 Å². The van der Waals surface area contributed by atoms with E-state index in [1.165, 1.54) is 12.8 Å². The lowest BCUT2D eigenvalue weighted by Gasteiger charge is -2.22. The number of nitrogens with zero attached hydrogens (tertiary/aromatic N) is 3. The lowest BCUT2D eigenvalue weighted by atomic mass is 9.93. The number of H-pyrrole nitrogens is 1. The molecule has 8 heteroatoms. The van der Waals surface area contributed by atoms with Gasteiger partial charge in [-0.15, -0.1) is 0 Å². The summed E-state index contributed by atoms with van der Waals surface area (Å²) < 4.78 is 0. The Bertz CT molecular complexity index is 1050. The predicted molar refractivity (Wildman–Crippen MR) is 127 cm³/mol. The van der Waals surface area contributed by atoms with E-state index in [9.17, 15) is 0 Å². The number of piperidine rings is 1. The van der Waals surface area contributed by atoms with Crippen LogP contribution < -0.4 is 16.0 Å². The monoisotopic (exact) mass is 435 g/mol. The van der Waals surface area contributed by atoms with Gasteiger partial charge in [-0.05, 0) is 56.5 Å². The van der Waals surface area contributed by atoms with Crippen LogP contribution in [0.1, 0.15) is 29.8 Å². The summed E-state index contributed by atoms with van der Waals surface area (Å²) in [6, 6.07) is 5.91. The molecule has 4 heterocycles. The summed E-state index contributed by atoms with van der Waals surface area (Å²) in [5.74, 6) is 0.711. The summed E-state index contributed by atoms with van der Waals surface area (Å²) in [6.45, 7) is 10.4. The molecule has 31 heavy (non-hydrogen) atoms. The number of halogens is 1. The van der Waals surface area contributed by atoms with Crippen LogP contribution in [-0.2, 0) is 6.42 Å². The Hall–Kier alpha value is -3.16. The molecule has 4 rings (SSSR count). The molecule has 0 unspecified atom stereocenters. The number of aromatic amines is 1. The molecule has 4 N–H and O–H groups in total. The van der Waals surface area contributed by atoms with Gasteiger partial charge >= 0.3 is 0 Å². The molecule has 0 aromatic carbocycles. The van der Waals surface area contributed by atoms with Crippen LogP contribution in [0.3, 0.4) is 0 Å². The molecule has 1 fully saturated rings. The van der Waals surface area contributed by atoms with E-state index in [1.807, 2.05) is 12.3 Å². The molecule has 160 valence electrons. The van der Waals surface area contributed by atoms with Crippen LogP contribution in [0.4, 0.5) is 11.4 Å². The van der Waals surface area contributed by atoms with Gasteiger partial charge in [-0.1, -0.05) is 24.8 Å². The third-order valence-corrected chi connectivity index (χ3v) is 5.55. The molecule has 0 saturated carbocycles. The smallest absolute Gasteiger partial charge is 0.131 e. The quantitative estimate of drug-likeness (QED) is 0.414. The molecule has 0 bridgehead atoms. The zero-order chi connectivity index (χ0) is 21.6. The van der Waals surface area contributed by atoms with E-state index in [-0.39, 0.29) is 0 Å². The molecule has 7 nitrogen and oxygen atoms in total. The van der Waals surface area contributed by atoms with Crippen molar-refractivity contribution in [1.82, 2.24) is 25.5 Å². The van der Waals surface area contributed by atoms with Gasteiger partial charge in [-0.3, -0.25) is 15.1 Å². The van der Waals surface area contributed by atoms with Crippen LogP contribution in [0.25, 0.3) is 11.4 Å². The lowest BCUT2D eigenvalue weighted by Crippen LogP contribution is -2.28. The Kier molecular flexibility index (Phi) is 6.64. The summed E-state index contributed by atoms with van der Waals surface area (Å²) in [4.78, 5) is 8.72. The number of aromatic nitrogens is 4. The van der Waals surface area contributed by atoms with E-state index in [4.69, 9.17) is 11.6 Å². The second kappa shape index (κ2) is 9.76. The first-order valence-electron chi connectivity index (χ1n) is 10.3. The number of hydrogen-bond donors (Lipinski definition) is 4. The fourth-order valence-corrected chi connectivity index (χ4v) is 3.84. The van der Waals surface area contributed by atoms with Crippen LogP contribution in [0.2, 0.25) is 5.02 Å². The summed E-state index contributed by atoms with van der Waals surface area (Å²) in [5, 5.41) is 17.7. The van der Waals surface area contributed by atoms with Crippen molar-refractivity contribution >= 4 is 34.4 Å². The third-order valence-electron chi connectivity index (χ3n) is 5.34. The lowest BCUT2D eigenvalue weighted by molar-refractivity contribution is 0.370. The van der Waals surface area contributed by atoms with Gasteiger partial charge in [0.2, 0.25) is 0 Å². The number of nitrogens with one attached hydrogen (secondary N) is 4. The minimum atomic E-state index is 0.551. The first-order valence-corrected chi connectivity index (χ1v) is 10.7. The molecule has 3 aromatic heterocycles. The SMILES string of the molecule is C=C(Nc1c[nH]nc1C(=C)Nc1ccc(CC2CCNCC2)nc1)c1cncc(Cl)c1. The summed E-state index contributed by atoms with van der Waals surface area (Å²) in [6.07, 6.45) is 10.3. The van der Waals surface area contributed by atoms with Crippen LogP contribution in [-0.4, -0.2) is 33.3 Å². The van der Waals surface area contributed by atoms with Crippen molar-refractivity contribution in [3.05, 3.63) is 78.1 Å².